The predicted octanol–water partition coefficient (Wildman–Crippen LogP) is 1.98. The lowest BCUT2D eigenvalue weighted by Gasteiger charge is -2.05. The summed E-state index contributed by atoms with van der Waals surface area (Å²) in [6.07, 6.45) is 1.45. The molecule has 2 aromatic heterocycles. The number of fused-ring (bicyclic) bond motifs is 1. The number of rotatable bonds is 1. The second-order valence-electron chi connectivity index (χ2n) is 3.42. The Morgan fingerprint density at radius 3 is 2.75 bits per heavy atom. The quantitative estimate of drug-likeness (QED) is 0.619. The van der Waals surface area contributed by atoms with Gasteiger partial charge >= 0.3 is 0 Å². The first-order valence-electron chi connectivity index (χ1n) is 4.88. The summed E-state index contributed by atoms with van der Waals surface area (Å²) in [6, 6.07) is 12.6. The molecule has 0 aliphatic rings. The number of hydrogen-bond donors (Lipinski definition) is 0. The van der Waals surface area contributed by atoms with Crippen LogP contribution in [0.1, 0.15) is 0 Å². The molecule has 0 radical (unpaired) electrons. The van der Waals surface area contributed by atoms with Gasteiger partial charge in [-0.15, -0.1) is 0 Å². The van der Waals surface area contributed by atoms with E-state index < -0.39 is 0 Å². The van der Waals surface area contributed by atoms with Gasteiger partial charge in [0.05, 0.1) is 5.52 Å². The zero-order chi connectivity index (χ0) is 11.0. The van der Waals surface area contributed by atoms with Gasteiger partial charge in [0.1, 0.15) is 6.26 Å². The molecule has 0 fully saturated rings. The van der Waals surface area contributed by atoms with E-state index in [1.54, 1.807) is 12.1 Å². The van der Waals surface area contributed by atoms with Crippen molar-refractivity contribution in [1.82, 2.24) is 9.72 Å². The number of aromatic nitrogens is 2. The van der Waals surface area contributed by atoms with Crippen molar-refractivity contribution < 1.29 is 4.52 Å². The van der Waals surface area contributed by atoms with Gasteiger partial charge in [-0.25, -0.2) is 0 Å². The molecule has 0 aliphatic heterocycles. The van der Waals surface area contributed by atoms with Crippen LogP contribution >= 0.6 is 0 Å². The number of nitrogens with zero attached hydrogens (tertiary/aromatic N) is 2. The molecule has 0 bridgehead atoms. The Kier molecular flexibility index (Phi) is 1.86. The minimum absolute atomic E-state index is 0.118. The Morgan fingerprint density at radius 1 is 1.06 bits per heavy atom. The van der Waals surface area contributed by atoms with E-state index in [1.165, 1.54) is 16.9 Å². The van der Waals surface area contributed by atoms with Gasteiger partial charge < -0.3 is 4.52 Å². The third-order valence-corrected chi connectivity index (χ3v) is 2.46. The van der Waals surface area contributed by atoms with Crippen LogP contribution in [0.2, 0.25) is 0 Å². The normalized spacial score (nSPS) is 10.8. The van der Waals surface area contributed by atoms with Crippen molar-refractivity contribution in [3.8, 4) is 5.82 Å². The third-order valence-electron chi connectivity index (χ3n) is 2.46. The molecule has 16 heavy (non-hydrogen) atoms. The first-order valence-corrected chi connectivity index (χ1v) is 4.88. The van der Waals surface area contributed by atoms with Crippen molar-refractivity contribution in [3.05, 3.63) is 59.1 Å². The largest absolute Gasteiger partial charge is 0.363 e. The zero-order valence-corrected chi connectivity index (χ0v) is 8.33. The highest BCUT2D eigenvalue weighted by Gasteiger charge is 2.06. The molecule has 0 saturated carbocycles. The molecule has 0 unspecified atom stereocenters. The van der Waals surface area contributed by atoms with Crippen LogP contribution in [0.3, 0.4) is 0 Å². The van der Waals surface area contributed by atoms with E-state index in [9.17, 15) is 4.79 Å². The molecule has 0 amide bonds. The summed E-state index contributed by atoms with van der Waals surface area (Å²) >= 11 is 0. The molecule has 3 rings (SSSR count). The standard InChI is InChI=1S/C12H8N2O2/c15-12-6-5-9-3-1-2-4-10(9)14(12)11-7-8-16-13-11/h1-8H. The number of para-hydroxylation sites is 1. The summed E-state index contributed by atoms with van der Waals surface area (Å²) in [5.41, 5.74) is 0.705. The fraction of sp³-hybridized carbons (Fsp3) is 0. The predicted molar refractivity (Wildman–Crippen MR) is 59.6 cm³/mol. The van der Waals surface area contributed by atoms with Crippen LogP contribution in [0.5, 0.6) is 0 Å². The molecule has 0 spiro atoms. The lowest BCUT2D eigenvalue weighted by molar-refractivity contribution is 0.417. The summed E-state index contributed by atoms with van der Waals surface area (Å²) < 4.78 is 6.29. The second-order valence-corrected chi connectivity index (χ2v) is 3.42. The molecule has 2 heterocycles. The maximum Gasteiger partial charge on any atom is 0.256 e. The molecule has 4 heteroatoms. The Hall–Kier alpha value is -2.36. The average molecular weight is 212 g/mol. The van der Waals surface area contributed by atoms with Gasteiger partial charge in [-0.05, 0) is 17.5 Å². The molecule has 3 aromatic rings. The van der Waals surface area contributed by atoms with Crippen molar-refractivity contribution in [2.24, 2.45) is 0 Å². The van der Waals surface area contributed by atoms with E-state index in [0.29, 0.717) is 5.82 Å². The van der Waals surface area contributed by atoms with Gasteiger partial charge in [0.15, 0.2) is 5.82 Å². The highest BCUT2D eigenvalue weighted by molar-refractivity contribution is 5.80. The number of benzene rings is 1. The highest BCUT2D eigenvalue weighted by Crippen LogP contribution is 2.14. The minimum atomic E-state index is -0.118. The van der Waals surface area contributed by atoms with Crippen molar-refractivity contribution >= 4 is 10.9 Å². The fourth-order valence-corrected chi connectivity index (χ4v) is 1.74. The van der Waals surface area contributed by atoms with Crippen LogP contribution in [0, 0.1) is 0 Å². The van der Waals surface area contributed by atoms with Gasteiger partial charge in [0, 0.05) is 12.1 Å². The van der Waals surface area contributed by atoms with E-state index in [2.05, 4.69) is 5.16 Å². The SMILES string of the molecule is O=c1ccc2ccccc2n1-c1ccon1. The smallest absolute Gasteiger partial charge is 0.256 e. The average Bonchev–Trinajstić information content (AvgIpc) is 2.82. The molecule has 1 aromatic carbocycles. The first-order chi connectivity index (χ1) is 7.86. The number of hydrogen-bond acceptors (Lipinski definition) is 3. The van der Waals surface area contributed by atoms with Crippen LogP contribution in [-0.2, 0) is 0 Å². The van der Waals surface area contributed by atoms with Crippen molar-refractivity contribution in [2.75, 3.05) is 0 Å². The van der Waals surface area contributed by atoms with Crippen molar-refractivity contribution in [1.29, 1.82) is 0 Å². The summed E-state index contributed by atoms with van der Waals surface area (Å²) in [6.45, 7) is 0. The van der Waals surface area contributed by atoms with Crippen LogP contribution in [0.25, 0.3) is 16.7 Å². The molecule has 0 saturated heterocycles. The van der Waals surface area contributed by atoms with Crippen LogP contribution < -0.4 is 5.56 Å². The van der Waals surface area contributed by atoms with Gasteiger partial charge in [-0.3, -0.25) is 9.36 Å². The monoisotopic (exact) mass is 212 g/mol. The topological polar surface area (TPSA) is 48.0 Å². The Bertz CT molecular complexity index is 684. The zero-order valence-electron chi connectivity index (χ0n) is 8.33. The molecule has 0 N–H and O–H groups in total. The summed E-state index contributed by atoms with van der Waals surface area (Å²) in [5.74, 6) is 0.502. The molecule has 0 atom stereocenters. The van der Waals surface area contributed by atoms with Crippen molar-refractivity contribution in [2.45, 2.75) is 0 Å². The number of pyridine rings is 1. The van der Waals surface area contributed by atoms with E-state index in [-0.39, 0.29) is 5.56 Å². The van der Waals surface area contributed by atoms with Gasteiger partial charge in [-0.1, -0.05) is 23.4 Å². The fourth-order valence-electron chi connectivity index (χ4n) is 1.74. The summed E-state index contributed by atoms with van der Waals surface area (Å²) in [5, 5.41) is 4.78. The Balaban J connectivity index is 2.47. The Morgan fingerprint density at radius 2 is 1.94 bits per heavy atom. The van der Waals surface area contributed by atoms with Gasteiger partial charge in [0.2, 0.25) is 0 Å². The third kappa shape index (κ3) is 1.24. The maximum atomic E-state index is 11.8. The van der Waals surface area contributed by atoms with Crippen LogP contribution in [0.4, 0.5) is 0 Å². The lowest BCUT2D eigenvalue weighted by atomic mass is 10.2. The highest BCUT2D eigenvalue weighted by atomic mass is 16.5. The first kappa shape index (κ1) is 8.91. The Labute approximate surface area is 90.7 Å². The van der Waals surface area contributed by atoms with Gasteiger partial charge in [-0.2, -0.15) is 0 Å². The lowest BCUT2D eigenvalue weighted by Crippen LogP contribution is -2.17. The van der Waals surface area contributed by atoms with E-state index in [0.717, 1.165) is 10.9 Å². The molecular weight excluding hydrogens is 204 g/mol. The summed E-state index contributed by atoms with van der Waals surface area (Å²) in [4.78, 5) is 11.8. The molecule has 78 valence electrons. The molecule has 0 aliphatic carbocycles. The van der Waals surface area contributed by atoms with E-state index in [1.807, 2.05) is 24.3 Å². The molecule has 4 nitrogen and oxygen atoms in total. The summed E-state index contributed by atoms with van der Waals surface area (Å²) in [7, 11) is 0. The molecular formula is C12H8N2O2. The van der Waals surface area contributed by atoms with E-state index >= 15 is 0 Å². The van der Waals surface area contributed by atoms with E-state index in [4.69, 9.17) is 4.52 Å². The van der Waals surface area contributed by atoms with Crippen LogP contribution in [-0.4, -0.2) is 9.72 Å². The van der Waals surface area contributed by atoms with Crippen LogP contribution in [0.15, 0.2) is 58.0 Å². The maximum absolute atomic E-state index is 11.8. The van der Waals surface area contributed by atoms with Crippen molar-refractivity contribution in [3.63, 3.8) is 0 Å². The minimum Gasteiger partial charge on any atom is -0.363 e. The second kappa shape index (κ2) is 3.34. The van der Waals surface area contributed by atoms with Gasteiger partial charge in [0.25, 0.3) is 5.56 Å².